The molecule has 0 atom stereocenters. The van der Waals surface area contributed by atoms with Gasteiger partial charge in [0.25, 0.3) is 5.91 Å². The standard InChI is InChI=1S/C19H17N3O5/c1-2-27-16(25)10-21-19(26)17-15(24)8-7-12-18(17)20-9-13(22-12)11-5-3-4-6-14(11)23/h3-9,23-24H,2,10H2,1H3,(H,21,26). The highest BCUT2D eigenvalue weighted by Gasteiger charge is 2.19. The number of phenolic OH excluding ortho intramolecular Hbond substituents is 2. The van der Waals surface area contributed by atoms with Crippen LogP contribution >= 0.6 is 0 Å². The summed E-state index contributed by atoms with van der Waals surface area (Å²) in [6, 6.07) is 9.52. The van der Waals surface area contributed by atoms with E-state index >= 15 is 0 Å². The molecule has 3 aromatic rings. The first-order valence-corrected chi connectivity index (χ1v) is 8.22. The Labute approximate surface area is 154 Å². The molecule has 0 aliphatic heterocycles. The Morgan fingerprint density at radius 3 is 2.63 bits per heavy atom. The SMILES string of the molecule is CCOC(=O)CNC(=O)c1c(O)ccc2nc(-c3ccccc3O)cnc12. The van der Waals surface area contributed by atoms with E-state index in [-0.39, 0.29) is 35.7 Å². The zero-order valence-corrected chi connectivity index (χ0v) is 14.5. The van der Waals surface area contributed by atoms with Gasteiger partial charge in [-0.15, -0.1) is 0 Å². The number of carbonyl (C=O) groups excluding carboxylic acids is 2. The minimum atomic E-state index is -0.671. The molecule has 1 amide bonds. The molecule has 0 aliphatic rings. The van der Waals surface area contributed by atoms with Gasteiger partial charge < -0.3 is 20.3 Å². The predicted molar refractivity (Wildman–Crippen MR) is 97.3 cm³/mol. The average Bonchev–Trinajstić information content (AvgIpc) is 2.66. The average molecular weight is 367 g/mol. The molecule has 0 bridgehead atoms. The van der Waals surface area contributed by atoms with E-state index in [1.165, 1.54) is 24.4 Å². The third-order valence-electron chi connectivity index (χ3n) is 3.80. The molecule has 0 radical (unpaired) electrons. The van der Waals surface area contributed by atoms with E-state index in [0.717, 1.165) is 0 Å². The number of aromatic nitrogens is 2. The van der Waals surface area contributed by atoms with Crippen molar-refractivity contribution >= 4 is 22.9 Å². The number of carbonyl (C=O) groups is 2. The smallest absolute Gasteiger partial charge is 0.325 e. The summed E-state index contributed by atoms with van der Waals surface area (Å²) < 4.78 is 4.75. The lowest BCUT2D eigenvalue weighted by atomic mass is 10.1. The molecule has 2 aromatic carbocycles. The third-order valence-corrected chi connectivity index (χ3v) is 3.80. The van der Waals surface area contributed by atoms with Gasteiger partial charge in [-0.3, -0.25) is 14.6 Å². The highest BCUT2D eigenvalue weighted by molar-refractivity contribution is 6.08. The molecule has 1 aromatic heterocycles. The summed E-state index contributed by atoms with van der Waals surface area (Å²) in [4.78, 5) is 32.5. The maximum atomic E-state index is 12.4. The number of phenols is 2. The van der Waals surface area contributed by atoms with E-state index in [1.807, 2.05) is 0 Å². The fraction of sp³-hybridized carbons (Fsp3) is 0.158. The molecule has 0 saturated heterocycles. The van der Waals surface area contributed by atoms with E-state index in [4.69, 9.17) is 4.74 Å². The van der Waals surface area contributed by atoms with Crippen molar-refractivity contribution in [2.24, 2.45) is 0 Å². The van der Waals surface area contributed by atoms with E-state index < -0.39 is 11.9 Å². The number of benzene rings is 2. The Bertz CT molecular complexity index is 1020. The molecular formula is C19H17N3O5. The normalized spacial score (nSPS) is 10.6. The van der Waals surface area contributed by atoms with Crippen LogP contribution in [0.4, 0.5) is 0 Å². The lowest BCUT2D eigenvalue weighted by Gasteiger charge is -2.10. The number of esters is 1. The van der Waals surface area contributed by atoms with Gasteiger partial charge in [-0.05, 0) is 31.2 Å². The summed E-state index contributed by atoms with van der Waals surface area (Å²) in [5.74, 6) is -1.49. The van der Waals surface area contributed by atoms with Gasteiger partial charge in [-0.25, -0.2) is 4.98 Å². The van der Waals surface area contributed by atoms with Crippen LogP contribution in [-0.4, -0.2) is 45.2 Å². The molecule has 0 fully saturated rings. The molecule has 138 valence electrons. The van der Waals surface area contributed by atoms with Crippen LogP contribution in [0.15, 0.2) is 42.6 Å². The summed E-state index contributed by atoms with van der Waals surface area (Å²) in [6.07, 6.45) is 1.40. The minimum absolute atomic E-state index is 0.0531. The molecule has 1 heterocycles. The predicted octanol–water partition coefficient (Wildman–Crippen LogP) is 2.00. The first-order chi connectivity index (χ1) is 13.0. The molecule has 0 unspecified atom stereocenters. The van der Waals surface area contributed by atoms with Gasteiger partial charge in [-0.2, -0.15) is 0 Å². The number of nitrogens with one attached hydrogen (secondary N) is 1. The van der Waals surface area contributed by atoms with E-state index in [2.05, 4.69) is 15.3 Å². The fourth-order valence-electron chi connectivity index (χ4n) is 2.57. The molecule has 8 nitrogen and oxygen atoms in total. The number of ether oxygens (including phenoxy) is 1. The van der Waals surface area contributed by atoms with Crippen molar-refractivity contribution in [3.63, 3.8) is 0 Å². The number of amides is 1. The molecule has 0 spiro atoms. The van der Waals surface area contributed by atoms with Crippen LogP contribution < -0.4 is 5.32 Å². The van der Waals surface area contributed by atoms with Crippen LogP contribution in [0.1, 0.15) is 17.3 Å². The molecule has 0 saturated carbocycles. The molecule has 27 heavy (non-hydrogen) atoms. The van der Waals surface area contributed by atoms with Crippen molar-refractivity contribution < 1.29 is 24.5 Å². The molecule has 3 rings (SSSR count). The first kappa shape index (κ1) is 18.1. The Balaban J connectivity index is 1.97. The molecular weight excluding hydrogens is 350 g/mol. The molecule has 3 N–H and O–H groups in total. The Morgan fingerprint density at radius 2 is 1.89 bits per heavy atom. The van der Waals surface area contributed by atoms with Gasteiger partial charge in [-0.1, -0.05) is 12.1 Å². The highest BCUT2D eigenvalue weighted by Crippen LogP contribution is 2.30. The second kappa shape index (κ2) is 7.69. The number of rotatable bonds is 5. The van der Waals surface area contributed by atoms with Crippen molar-refractivity contribution in [2.45, 2.75) is 6.92 Å². The lowest BCUT2D eigenvalue weighted by Crippen LogP contribution is -2.31. The number of hydrogen-bond donors (Lipinski definition) is 3. The third kappa shape index (κ3) is 3.79. The number of hydrogen-bond acceptors (Lipinski definition) is 7. The summed E-state index contributed by atoms with van der Waals surface area (Å²) >= 11 is 0. The zero-order valence-electron chi connectivity index (χ0n) is 14.5. The largest absolute Gasteiger partial charge is 0.507 e. The van der Waals surface area contributed by atoms with Gasteiger partial charge in [0.15, 0.2) is 0 Å². The van der Waals surface area contributed by atoms with Gasteiger partial charge in [0.1, 0.15) is 29.1 Å². The van der Waals surface area contributed by atoms with Crippen LogP contribution in [-0.2, 0) is 9.53 Å². The summed E-state index contributed by atoms with van der Waals surface area (Å²) in [7, 11) is 0. The monoisotopic (exact) mass is 367 g/mol. The van der Waals surface area contributed by atoms with Gasteiger partial charge in [0.2, 0.25) is 0 Å². The quantitative estimate of drug-likeness (QED) is 0.590. The maximum absolute atomic E-state index is 12.4. The highest BCUT2D eigenvalue weighted by atomic mass is 16.5. The van der Waals surface area contributed by atoms with E-state index in [1.54, 1.807) is 25.1 Å². The van der Waals surface area contributed by atoms with E-state index in [9.17, 15) is 19.8 Å². The maximum Gasteiger partial charge on any atom is 0.325 e. The van der Waals surface area contributed by atoms with Gasteiger partial charge in [0, 0.05) is 5.56 Å². The fourth-order valence-corrected chi connectivity index (χ4v) is 2.57. The van der Waals surface area contributed by atoms with Crippen molar-refractivity contribution in [1.29, 1.82) is 0 Å². The Hall–Kier alpha value is -3.68. The first-order valence-electron chi connectivity index (χ1n) is 8.22. The van der Waals surface area contributed by atoms with Crippen molar-refractivity contribution in [3.8, 4) is 22.8 Å². The molecule has 8 heteroatoms. The van der Waals surface area contributed by atoms with Crippen LogP contribution in [0.25, 0.3) is 22.3 Å². The van der Waals surface area contributed by atoms with E-state index in [0.29, 0.717) is 16.8 Å². The van der Waals surface area contributed by atoms with Crippen molar-refractivity contribution in [3.05, 3.63) is 48.2 Å². The number of para-hydroxylation sites is 1. The number of nitrogens with zero attached hydrogens (tertiary/aromatic N) is 2. The summed E-state index contributed by atoms with van der Waals surface area (Å²) in [5, 5.41) is 22.5. The van der Waals surface area contributed by atoms with Crippen molar-refractivity contribution in [2.75, 3.05) is 13.2 Å². The van der Waals surface area contributed by atoms with Crippen LogP contribution in [0.5, 0.6) is 11.5 Å². The Morgan fingerprint density at radius 1 is 1.11 bits per heavy atom. The van der Waals surface area contributed by atoms with Gasteiger partial charge >= 0.3 is 5.97 Å². The van der Waals surface area contributed by atoms with Crippen LogP contribution in [0, 0.1) is 0 Å². The minimum Gasteiger partial charge on any atom is -0.507 e. The summed E-state index contributed by atoms with van der Waals surface area (Å²) in [6.45, 7) is 1.54. The second-order valence-corrected chi connectivity index (χ2v) is 5.59. The topological polar surface area (TPSA) is 122 Å². The van der Waals surface area contributed by atoms with Crippen molar-refractivity contribution in [1.82, 2.24) is 15.3 Å². The zero-order chi connectivity index (χ0) is 19.4. The van der Waals surface area contributed by atoms with Crippen LogP contribution in [0.2, 0.25) is 0 Å². The number of aromatic hydroxyl groups is 2. The molecule has 0 aliphatic carbocycles. The second-order valence-electron chi connectivity index (χ2n) is 5.59. The van der Waals surface area contributed by atoms with Crippen LogP contribution in [0.3, 0.4) is 0 Å². The summed E-state index contributed by atoms with van der Waals surface area (Å²) in [5.41, 5.74) is 1.36. The van der Waals surface area contributed by atoms with Gasteiger partial charge in [0.05, 0.1) is 24.0 Å². The number of fused-ring (bicyclic) bond motifs is 1. The lowest BCUT2D eigenvalue weighted by molar-refractivity contribution is -0.141. The Kier molecular flexibility index (Phi) is 5.16.